The molecule has 1 aliphatic rings. The van der Waals surface area contributed by atoms with Crippen molar-refractivity contribution in [1.82, 2.24) is 0 Å². The third-order valence-electron chi connectivity index (χ3n) is 2.01. The van der Waals surface area contributed by atoms with Crippen molar-refractivity contribution in [1.29, 1.82) is 0 Å². The summed E-state index contributed by atoms with van der Waals surface area (Å²) in [5, 5.41) is 1.38. The number of hydrogen-bond donors (Lipinski definition) is 0. The van der Waals surface area contributed by atoms with Crippen LogP contribution in [0.5, 0.6) is 0 Å². The average Bonchev–Trinajstić information content (AvgIpc) is 2.71. The van der Waals surface area contributed by atoms with Gasteiger partial charge in [-0.1, -0.05) is 24.3 Å². The standard InChI is InChI=1S/C9H11P/c10-9-4-2-1-3-8(9)7-5-6-7/h1-4,7H,5-6,10H2. The Morgan fingerprint density at radius 3 is 2.50 bits per heavy atom. The van der Waals surface area contributed by atoms with E-state index in [-0.39, 0.29) is 0 Å². The van der Waals surface area contributed by atoms with E-state index in [2.05, 4.69) is 33.5 Å². The zero-order chi connectivity index (χ0) is 6.97. The van der Waals surface area contributed by atoms with Gasteiger partial charge in [0.15, 0.2) is 0 Å². The highest BCUT2D eigenvalue weighted by Crippen LogP contribution is 2.39. The Morgan fingerprint density at radius 2 is 1.90 bits per heavy atom. The lowest BCUT2D eigenvalue weighted by molar-refractivity contribution is 1.15. The van der Waals surface area contributed by atoms with Gasteiger partial charge in [-0.25, -0.2) is 0 Å². The van der Waals surface area contributed by atoms with Crippen LogP contribution in [0.1, 0.15) is 24.3 Å². The fraction of sp³-hybridized carbons (Fsp3) is 0.333. The first-order chi connectivity index (χ1) is 4.88. The Hall–Kier alpha value is -0.350. The van der Waals surface area contributed by atoms with E-state index in [1.54, 1.807) is 0 Å². The van der Waals surface area contributed by atoms with Gasteiger partial charge in [0.05, 0.1) is 0 Å². The van der Waals surface area contributed by atoms with E-state index in [1.165, 1.54) is 23.7 Å². The maximum absolute atomic E-state index is 2.80. The molecule has 1 unspecified atom stereocenters. The lowest BCUT2D eigenvalue weighted by Gasteiger charge is -2.00. The van der Waals surface area contributed by atoms with E-state index < -0.39 is 0 Å². The zero-order valence-corrected chi connectivity index (χ0v) is 7.03. The minimum Gasteiger partial charge on any atom is -0.105 e. The molecular formula is C9H11P. The maximum Gasteiger partial charge on any atom is -0.0155 e. The molecule has 0 bridgehead atoms. The lowest BCUT2D eigenvalue weighted by atomic mass is 10.1. The van der Waals surface area contributed by atoms with E-state index in [0.717, 1.165) is 5.92 Å². The highest BCUT2D eigenvalue weighted by Gasteiger charge is 2.24. The molecule has 0 aliphatic heterocycles. The van der Waals surface area contributed by atoms with E-state index in [1.807, 2.05) is 0 Å². The summed E-state index contributed by atoms with van der Waals surface area (Å²) in [4.78, 5) is 0. The molecule has 0 N–H and O–H groups in total. The summed E-state index contributed by atoms with van der Waals surface area (Å²) in [5.74, 6) is 0.883. The summed E-state index contributed by atoms with van der Waals surface area (Å²) in [6.07, 6.45) is 2.79. The van der Waals surface area contributed by atoms with Crippen LogP contribution in [-0.2, 0) is 0 Å². The zero-order valence-electron chi connectivity index (χ0n) is 5.88. The van der Waals surface area contributed by atoms with Crippen molar-refractivity contribution in [2.75, 3.05) is 0 Å². The number of benzene rings is 1. The molecule has 1 atom stereocenters. The molecule has 10 heavy (non-hydrogen) atoms. The summed E-state index contributed by atoms with van der Waals surface area (Å²) in [6.45, 7) is 0. The lowest BCUT2D eigenvalue weighted by Crippen LogP contribution is -1.97. The highest BCUT2D eigenvalue weighted by molar-refractivity contribution is 7.27. The van der Waals surface area contributed by atoms with Gasteiger partial charge in [-0.15, -0.1) is 9.24 Å². The van der Waals surface area contributed by atoms with E-state index in [0.29, 0.717) is 0 Å². The van der Waals surface area contributed by atoms with Crippen LogP contribution in [0, 0.1) is 0 Å². The van der Waals surface area contributed by atoms with Gasteiger partial charge in [-0.3, -0.25) is 0 Å². The van der Waals surface area contributed by atoms with Gasteiger partial charge in [0.2, 0.25) is 0 Å². The van der Waals surface area contributed by atoms with Crippen LogP contribution in [0.25, 0.3) is 0 Å². The monoisotopic (exact) mass is 150 g/mol. The van der Waals surface area contributed by atoms with Gasteiger partial charge in [0, 0.05) is 0 Å². The van der Waals surface area contributed by atoms with Crippen LogP contribution in [0.15, 0.2) is 24.3 Å². The minimum absolute atomic E-state index is 0.883. The van der Waals surface area contributed by atoms with Gasteiger partial charge in [-0.05, 0) is 29.6 Å². The smallest absolute Gasteiger partial charge is 0.0155 e. The number of hydrogen-bond acceptors (Lipinski definition) is 0. The SMILES string of the molecule is Pc1ccccc1C1CC1. The van der Waals surface area contributed by atoms with Gasteiger partial charge in [0.1, 0.15) is 0 Å². The van der Waals surface area contributed by atoms with Crippen LogP contribution >= 0.6 is 9.24 Å². The molecule has 2 rings (SSSR count). The molecule has 52 valence electrons. The van der Waals surface area contributed by atoms with Gasteiger partial charge < -0.3 is 0 Å². The Kier molecular flexibility index (Phi) is 1.50. The summed E-state index contributed by atoms with van der Waals surface area (Å²) in [6, 6.07) is 8.62. The molecule has 1 aliphatic carbocycles. The molecular weight excluding hydrogens is 139 g/mol. The predicted molar refractivity (Wildman–Crippen MR) is 47.8 cm³/mol. The minimum atomic E-state index is 0.883. The third-order valence-corrected chi connectivity index (χ3v) is 2.54. The van der Waals surface area contributed by atoms with Crippen molar-refractivity contribution in [3.05, 3.63) is 29.8 Å². The molecule has 0 amide bonds. The van der Waals surface area contributed by atoms with Crippen molar-refractivity contribution in [2.45, 2.75) is 18.8 Å². The molecule has 1 fully saturated rings. The van der Waals surface area contributed by atoms with Crippen LogP contribution in [0.4, 0.5) is 0 Å². The third kappa shape index (κ3) is 1.09. The first-order valence-corrected chi connectivity index (χ1v) is 4.30. The Balaban J connectivity index is 2.39. The van der Waals surface area contributed by atoms with Crippen molar-refractivity contribution in [2.24, 2.45) is 0 Å². The van der Waals surface area contributed by atoms with E-state index in [9.17, 15) is 0 Å². The molecule has 0 spiro atoms. The molecule has 0 nitrogen and oxygen atoms in total. The molecule has 0 radical (unpaired) electrons. The molecule has 1 aromatic rings. The first kappa shape index (κ1) is 6.37. The fourth-order valence-corrected chi connectivity index (χ4v) is 1.72. The average molecular weight is 150 g/mol. The van der Waals surface area contributed by atoms with Crippen LogP contribution in [-0.4, -0.2) is 0 Å². The maximum atomic E-state index is 2.80. The Morgan fingerprint density at radius 1 is 1.20 bits per heavy atom. The van der Waals surface area contributed by atoms with E-state index in [4.69, 9.17) is 0 Å². The molecule has 1 aromatic carbocycles. The normalized spacial score (nSPS) is 17.3. The second-order valence-corrected chi connectivity index (χ2v) is 3.53. The predicted octanol–water partition coefficient (Wildman–Crippen LogP) is 2.06. The molecule has 1 heteroatoms. The number of rotatable bonds is 1. The second kappa shape index (κ2) is 2.36. The quantitative estimate of drug-likeness (QED) is 0.537. The van der Waals surface area contributed by atoms with Crippen LogP contribution in [0.3, 0.4) is 0 Å². The van der Waals surface area contributed by atoms with Gasteiger partial charge in [-0.2, -0.15) is 0 Å². The molecule has 1 saturated carbocycles. The van der Waals surface area contributed by atoms with Crippen LogP contribution in [0.2, 0.25) is 0 Å². The Bertz CT molecular complexity index is 238. The Labute approximate surface area is 63.9 Å². The topological polar surface area (TPSA) is 0 Å². The second-order valence-electron chi connectivity index (χ2n) is 2.90. The summed E-state index contributed by atoms with van der Waals surface area (Å²) in [5.41, 5.74) is 1.53. The fourth-order valence-electron chi connectivity index (χ4n) is 1.28. The summed E-state index contributed by atoms with van der Waals surface area (Å²) >= 11 is 0. The molecule has 0 aromatic heterocycles. The molecule has 0 saturated heterocycles. The van der Waals surface area contributed by atoms with Crippen molar-refractivity contribution in [3.8, 4) is 0 Å². The van der Waals surface area contributed by atoms with Crippen molar-refractivity contribution >= 4 is 14.5 Å². The van der Waals surface area contributed by atoms with Gasteiger partial charge in [0.25, 0.3) is 0 Å². The largest absolute Gasteiger partial charge is 0.105 e. The van der Waals surface area contributed by atoms with Gasteiger partial charge >= 0.3 is 0 Å². The van der Waals surface area contributed by atoms with Crippen molar-refractivity contribution < 1.29 is 0 Å². The summed E-state index contributed by atoms with van der Waals surface area (Å²) < 4.78 is 0. The summed E-state index contributed by atoms with van der Waals surface area (Å²) in [7, 11) is 2.80. The van der Waals surface area contributed by atoms with Crippen molar-refractivity contribution in [3.63, 3.8) is 0 Å². The van der Waals surface area contributed by atoms with Crippen LogP contribution < -0.4 is 5.30 Å². The molecule has 0 heterocycles. The van der Waals surface area contributed by atoms with E-state index >= 15 is 0 Å². The first-order valence-electron chi connectivity index (χ1n) is 3.72. The highest BCUT2D eigenvalue weighted by atomic mass is 31.0.